The maximum absolute atomic E-state index is 13.8. The lowest BCUT2D eigenvalue weighted by Crippen LogP contribution is -2.47. The quantitative estimate of drug-likeness (QED) is 0.211. The molecule has 3 atom stereocenters. The molecule has 1 heterocycles. The smallest absolute Gasteiger partial charge is 0.408 e. The van der Waals surface area contributed by atoms with Crippen molar-refractivity contribution < 1.29 is 33.5 Å². The zero-order valence-corrected chi connectivity index (χ0v) is 26.7. The van der Waals surface area contributed by atoms with Crippen molar-refractivity contribution in [2.24, 2.45) is 17.6 Å². The van der Waals surface area contributed by atoms with Crippen LogP contribution in [-0.2, 0) is 41.7 Å². The number of benzene rings is 2. The van der Waals surface area contributed by atoms with Gasteiger partial charge in [-0.15, -0.1) is 0 Å². The van der Waals surface area contributed by atoms with E-state index in [9.17, 15) is 28.8 Å². The summed E-state index contributed by atoms with van der Waals surface area (Å²) in [7, 11) is 0. The number of carbonyl (C=O) groups excluding carboxylic acids is 6. The largest absolute Gasteiger partial charge is 0.445 e. The van der Waals surface area contributed by atoms with Crippen LogP contribution in [0.2, 0.25) is 0 Å². The number of Topliss-reactive ketones (excluding diaryl/α,β-unsaturated/α-hetero) is 2. The molecule has 11 heteroatoms. The van der Waals surface area contributed by atoms with Crippen LogP contribution < -0.4 is 16.4 Å². The minimum atomic E-state index is -1.13. The van der Waals surface area contributed by atoms with Crippen LogP contribution in [0.1, 0.15) is 69.9 Å². The number of amides is 4. The summed E-state index contributed by atoms with van der Waals surface area (Å²) in [5.41, 5.74) is 6.87. The minimum absolute atomic E-state index is 0.00394. The van der Waals surface area contributed by atoms with Crippen LogP contribution in [0, 0.1) is 11.8 Å². The second kappa shape index (κ2) is 18.4. The molecule has 46 heavy (non-hydrogen) atoms. The second-order valence-corrected chi connectivity index (χ2v) is 12.2. The predicted molar refractivity (Wildman–Crippen MR) is 172 cm³/mol. The highest BCUT2D eigenvalue weighted by Gasteiger charge is 2.32. The van der Waals surface area contributed by atoms with Crippen molar-refractivity contribution in [2.45, 2.75) is 83.9 Å². The Hall–Kier alpha value is -4.54. The molecule has 1 aliphatic rings. The number of rotatable bonds is 18. The molecule has 2 aromatic carbocycles. The van der Waals surface area contributed by atoms with Crippen LogP contribution in [0.5, 0.6) is 0 Å². The molecule has 248 valence electrons. The lowest BCUT2D eigenvalue weighted by Gasteiger charge is -2.25. The Morgan fingerprint density at radius 3 is 2.02 bits per heavy atom. The van der Waals surface area contributed by atoms with E-state index in [0.717, 1.165) is 24.0 Å². The number of primary amides is 1. The third kappa shape index (κ3) is 12.5. The van der Waals surface area contributed by atoms with Gasteiger partial charge in [-0.25, -0.2) is 4.79 Å². The number of carbonyl (C=O) groups is 6. The van der Waals surface area contributed by atoms with Crippen molar-refractivity contribution in [3.8, 4) is 0 Å². The molecular weight excluding hydrogens is 588 g/mol. The fourth-order valence-corrected chi connectivity index (χ4v) is 5.48. The fourth-order valence-electron chi connectivity index (χ4n) is 5.48. The highest BCUT2D eigenvalue weighted by atomic mass is 16.5. The summed E-state index contributed by atoms with van der Waals surface area (Å²) in [6.45, 7) is 5.18. The monoisotopic (exact) mass is 634 g/mol. The number of nitrogens with two attached hydrogens (primary N) is 1. The fraction of sp³-hybridized carbons (Fsp3) is 0.486. The van der Waals surface area contributed by atoms with Crippen molar-refractivity contribution in [1.82, 2.24) is 15.5 Å². The van der Waals surface area contributed by atoms with Crippen LogP contribution in [0.3, 0.4) is 0 Å². The molecule has 4 N–H and O–H groups in total. The van der Waals surface area contributed by atoms with E-state index >= 15 is 0 Å². The summed E-state index contributed by atoms with van der Waals surface area (Å²) in [5, 5.41) is 5.40. The normalized spacial score (nSPS) is 14.6. The zero-order chi connectivity index (χ0) is 33.5. The van der Waals surface area contributed by atoms with Gasteiger partial charge in [-0.3, -0.25) is 24.0 Å². The first-order chi connectivity index (χ1) is 22.0. The van der Waals surface area contributed by atoms with E-state index in [1.165, 1.54) is 0 Å². The number of nitrogens with one attached hydrogen (secondary N) is 2. The number of likely N-dealkylation sites (tertiary alicyclic amines) is 1. The third-order valence-corrected chi connectivity index (χ3v) is 7.90. The van der Waals surface area contributed by atoms with Crippen molar-refractivity contribution in [3.05, 3.63) is 71.8 Å². The number of hydrogen-bond donors (Lipinski definition) is 3. The third-order valence-electron chi connectivity index (χ3n) is 7.90. The molecule has 0 aromatic heterocycles. The van der Waals surface area contributed by atoms with E-state index in [4.69, 9.17) is 10.5 Å². The molecule has 0 unspecified atom stereocenters. The first-order valence-corrected chi connectivity index (χ1v) is 15.9. The molecular formula is C35H46N4O7. The van der Waals surface area contributed by atoms with Gasteiger partial charge in [-0.05, 0) is 49.1 Å². The van der Waals surface area contributed by atoms with Crippen LogP contribution >= 0.6 is 0 Å². The van der Waals surface area contributed by atoms with E-state index in [-0.39, 0.29) is 49.9 Å². The standard InChI is InChI=1S/C35H46N4O7/c1-24(2)19-29(38-35(45)46-23-26-13-7-4-8-14-26)30(40)21-27(20-25-11-5-3-6-12-25)34(44)37-28(31(41)22-32(36)42)15-16-33(43)39-17-9-10-18-39/h3-8,11-14,24,27-29H,9-10,15-23H2,1-2H3,(H2,36,42)(H,37,44)(H,38,45)/t27-,28+,29+/m1/s1. The molecule has 0 bridgehead atoms. The van der Waals surface area contributed by atoms with Gasteiger partial charge in [0.15, 0.2) is 11.6 Å². The second-order valence-electron chi connectivity index (χ2n) is 12.2. The molecule has 2 aromatic rings. The summed E-state index contributed by atoms with van der Waals surface area (Å²) in [4.78, 5) is 79.1. The molecule has 4 amide bonds. The maximum Gasteiger partial charge on any atom is 0.408 e. The van der Waals surface area contributed by atoms with Crippen molar-refractivity contribution in [3.63, 3.8) is 0 Å². The summed E-state index contributed by atoms with van der Waals surface area (Å²) in [5.74, 6) is -3.33. The van der Waals surface area contributed by atoms with Gasteiger partial charge >= 0.3 is 6.09 Å². The summed E-state index contributed by atoms with van der Waals surface area (Å²) in [6, 6.07) is 16.3. The molecule has 0 aliphatic carbocycles. The molecule has 1 fully saturated rings. The van der Waals surface area contributed by atoms with Gasteiger partial charge in [0.1, 0.15) is 6.61 Å². The van der Waals surface area contributed by atoms with Crippen molar-refractivity contribution >= 4 is 35.4 Å². The number of alkyl carbamates (subject to hydrolysis) is 1. The van der Waals surface area contributed by atoms with Gasteiger partial charge < -0.3 is 26.0 Å². The van der Waals surface area contributed by atoms with Crippen LogP contribution in [-0.4, -0.2) is 65.5 Å². The number of ketones is 2. The average molecular weight is 635 g/mol. The van der Waals surface area contributed by atoms with E-state index in [2.05, 4.69) is 10.6 Å². The molecule has 0 spiro atoms. The molecule has 1 saturated heterocycles. The Balaban J connectivity index is 1.75. The van der Waals surface area contributed by atoms with E-state index < -0.39 is 48.1 Å². The van der Waals surface area contributed by atoms with Crippen molar-refractivity contribution in [2.75, 3.05) is 13.1 Å². The van der Waals surface area contributed by atoms with Gasteiger partial charge in [0.2, 0.25) is 17.7 Å². The minimum Gasteiger partial charge on any atom is -0.445 e. The Morgan fingerprint density at radius 1 is 0.826 bits per heavy atom. The highest BCUT2D eigenvalue weighted by molar-refractivity contribution is 6.02. The number of ether oxygens (including phenoxy) is 1. The Morgan fingerprint density at radius 2 is 1.43 bits per heavy atom. The highest BCUT2D eigenvalue weighted by Crippen LogP contribution is 2.19. The Kier molecular flexibility index (Phi) is 14.4. The Labute approximate surface area is 270 Å². The van der Waals surface area contributed by atoms with Crippen LogP contribution in [0.15, 0.2) is 60.7 Å². The molecule has 0 radical (unpaired) electrons. The first kappa shape index (κ1) is 35.9. The van der Waals surface area contributed by atoms with Crippen molar-refractivity contribution in [1.29, 1.82) is 0 Å². The number of hydrogen-bond acceptors (Lipinski definition) is 7. The topological polar surface area (TPSA) is 165 Å². The van der Waals surface area contributed by atoms with E-state index in [1.807, 2.05) is 74.5 Å². The Bertz CT molecular complexity index is 1330. The van der Waals surface area contributed by atoms with E-state index in [0.29, 0.717) is 19.5 Å². The molecule has 0 saturated carbocycles. The van der Waals surface area contributed by atoms with Crippen LogP contribution in [0.25, 0.3) is 0 Å². The SMILES string of the molecule is CC(C)C[C@H](NC(=O)OCc1ccccc1)C(=O)C[C@@H](Cc1ccccc1)C(=O)N[C@@H](CCC(=O)N1CCCC1)C(=O)CC(N)=O. The van der Waals surface area contributed by atoms with Gasteiger partial charge in [0.25, 0.3) is 0 Å². The number of nitrogens with zero attached hydrogens (tertiary/aromatic N) is 1. The summed E-state index contributed by atoms with van der Waals surface area (Å²) < 4.78 is 5.34. The van der Waals surface area contributed by atoms with Gasteiger partial charge in [0.05, 0.1) is 18.5 Å². The average Bonchev–Trinajstić information content (AvgIpc) is 3.57. The zero-order valence-electron chi connectivity index (χ0n) is 26.7. The van der Waals surface area contributed by atoms with Crippen LogP contribution in [0.4, 0.5) is 4.79 Å². The summed E-state index contributed by atoms with van der Waals surface area (Å²) >= 11 is 0. The van der Waals surface area contributed by atoms with Gasteiger partial charge in [-0.1, -0.05) is 74.5 Å². The lowest BCUT2D eigenvalue weighted by atomic mass is 9.88. The maximum atomic E-state index is 13.8. The van der Waals surface area contributed by atoms with Gasteiger partial charge in [-0.2, -0.15) is 0 Å². The van der Waals surface area contributed by atoms with E-state index in [1.54, 1.807) is 4.90 Å². The predicted octanol–water partition coefficient (Wildman–Crippen LogP) is 3.48. The molecule has 11 nitrogen and oxygen atoms in total. The van der Waals surface area contributed by atoms with Gasteiger partial charge in [0, 0.05) is 31.8 Å². The summed E-state index contributed by atoms with van der Waals surface area (Å²) in [6.07, 6.45) is 0.820. The first-order valence-electron chi connectivity index (χ1n) is 15.9. The molecule has 1 aliphatic heterocycles. The molecule has 3 rings (SSSR count). The lowest BCUT2D eigenvalue weighted by molar-refractivity contribution is -0.135.